The molecular weight excluding hydrogens is 308 g/mol. The Morgan fingerprint density at radius 1 is 1.26 bits per heavy atom. The van der Waals surface area contributed by atoms with Crippen LogP contribution in [0.5, 0.6) is 0 Å². The second-order valence-corrected chi connectivity index (χ2v) is 5.76. The molecule has 0 aliphatic rings. The summed E-state index contributed by atoms with van der Waals surface area (Å²) in [7, 11) is 0. The number of amides is 2. The van der Waals surface area contributed by atoms with Crippen molar-refractivity contribution >= 4 is 27.7 Å². The standard InChI is InChI=1S/C14H19BrN2O2/c1-9(2)7-16-13(18)8-17-14(19)12-6-11(15)5-4-10(12)3/h4-6,9H,7-8H2,1-3H3,(H,16,18)(H,17,19). The first-order valence-corrected chi connectivity index (χ1v) is 7.00. The number of benzene rings is 1. The molecule has 0 fully saturated rings. The third kappa shape index (κ3) is 5.42. The molecule has 0 unspecified atom stereocenters. The Bertz CT molecular complexity index is 473. The summed E-state index contributed by atoms with van der Waals surface area (Å²) in [5.74, 6) is -0.0137. The fourth-order valence-corrected chi connectivity index (χ4v) is 1.84. The Balaban J connectivity index is 2.51. The summed E-state index contributed by atoms with van der Waals surface area (Å²) in [4.78, 5) is 23.4. The lowest BCUT2D eigenvalue weighted by Crippen LogP contribution is -2.38. The van der Waals surface area contributed by atoms with E-state index in [1.54, 1.807) is 6.07 Å². The van der Waals surface area contributed by atoms with Crippen LogP contribution in [0.2, 0.25) is 0 Å². The Morgan fingerprint density at radius 3 is 2.58 bits per heavy atom. The maximum absolute atomic E-state index is 11.9. The molecule has 0 saturated carbocycles. The summed E-state index contributed by atoms with van der Waals surface area (Å²) in [5.41, 5.74) is 1.45. The zero-order valence-electron chi connectivity index (χ0n) is 11.4. The highest BCUT2D eigenvalue weighted by Gasteiger charge is 2.11. The number of rotatable bonds is 5. The van der Waals surface area contributed by atoms with Crippen molar-refractivity contribution in [3.63, 3.8) is 0 Å². The van der Waals surface area contributed by atoms with Gasteiger partial charge in [-0.3, -0.25) is 9.59 Å². The van der Waals surface area contributed by atoms with E-state index < -0.39 is 0 Å². The summed E-state index contributed by atoms with van der Waals surface area (Å²) in [6.45, 7) is 6.51. The molecule has 0 aliphatic carbocycles. The summed E-state index contributed by atoms with van der Waals surface area (Å²) >= 11 is 3.33. The van der Waals surface area contributed by atoms with E-state index >= 15 is 0 Å². The first-order valence-electron chi connectivity index (χ1n) is 6.21. The van der Waals surface area contributed by atoms with E-state index in [2.05, 4.69) is 26.6 Å². The zero-order chi connectivity index (χ0) is 14.4. The van der Waals surface area contributed by atoms with Gasteiger partial charge in [-0.25, -0.2) is 0 Å². The highest BCUT2D eigenvalue weighted by Crippen LogP contribution is 2.15. The third-order valence-corrected chi connectivity index (χ3v) is 3.05. The van der Waals surface area contributed by atoms with Gasteiger partial charge < -0.3 is 10.6 Å². The van der Waals surface area contributed by atoms with E-state index in [-0.39, 0.29) is 18.4 Å². The summed E-state index contributed by atoms with van der Waals surface area (Å²) in [6, 6.07) is 5.48. The first-order chi connectivity index (χ1) is 8.90. The molecule has 0 atom stereocenters. The third-order valence-electron chi connectivity index (χ3n) is 2.56. The number of hydrogen-bond donors (Lipinski definition) is 2. The van der Waals surface area contributed by atoms with Crippen molar-refractivity contribution in [1.29, 1.82) is 0 Å². The second kappa shape index (κ2) is 7.28. The van der Waals surface area contributed by atoms with Crippen LogP contribution in [0.3, 0.4) is 0 Å². The number of carbonyl (C=O) groups excluding carboxylic acids is 2. The van der Waals surface area contributed by atoms with Gasteiger partial charge in [0.1, 0.15) is 0 Å². The van der Waals surface area contributed by atoms with Crippen molar-refractivity contribution < 1.29 is 9.59 Å². The van der Waals surface area contributed by atoms with Gasteiger partial charge in [0.05, 0.1) is 6.54 Å². The first kappa shape index (κ1) is 15.7. The molecule has 1 rings (SSSR count). The van der Waals surface area contributed by atoms with Gasteiger partial charge >= 0.3 is 0 Å². The highest BCUT2D eigenvalue weighted by molar-refractivity contribution is 9.10. The van der Waals surface area contributed by atoms with Gasteiger partial charge in [-0.2, -0.15) is 0 Å². The largest absolute Gasteiger partial charge is 0.354 e. The molecule has 0 bridgehead atoms. The Morgan fingerprint density at radius 2 is 1.95 bits per heavy atom. The van der Waals surface area contributed by atoms with Crippen LogP contribution >= 0.6 is 15.9 Å². The predicted molar refractivity (Wildman–Crippen MR) is 79.1 cm³/mol. The molecule has 1 aromatic carbocycles. The van der Waals surface area contributed by atoms with Gasteiger partial charge in [0, 0.05) is 16.6 Å². The highest BCUT2D eigenvalue weighted by atomic mass is 79.9. The van der Waals surface area contributed by atoms with Crippen LogP contribution < -0.4 is 10.6 Å². The molecule has 0 saturated heterocycles. The topological polar surface area (TPSA) is 58.2 Å². The van der Waals surface area contributed by atoms with Crippen molar-refractivity contribution in [3.05, 3.63) is 33.8 Å². The van der Waals surface area contributed by atoms with E-state index in [0.29, 0.717) is 18.0 Å². The molecule has 5 heteroatoms. The molecule has 0 heterocycles. The van der Waals surface area contributed by atoms with Gasteiger partial charge in [0.15, 0.2) is 0 Å². The van der Waals surface area contributed by atoms with Crippen molar-refractivity contribution in [2.75, 3.05) is 13.1 Å². The molecule has 0 spiro atoms. The molecule has 104 valence electrons. The maximum Gasteiger partial charge on any atom is 0.252 e. The van der Waals surface area contributed by atoms with Gasteiger partial charge in [-0.15, -0.1) is 0 Å². The molecule has 2 N–H and O–H groups in total. The summed E-state index contributed by atoms with van der Waals surface area (Å²) in [5, 5.41) is 5.37. The Kier molecular flexibility index (Phi) is 6.02. The predicted octanol–water partition coefficient (Wildman–Crippen LogP) is 2.26. The smallest absolute Gasteiger partial charge is 0.252 e. The normalized spacial score (nSPS) is 10.4. The number of halogens is 1. The summed E-state index contributed by atoms with van der Waals surface area (Å²) in [6.07, 6.45) is 0. The number of nitrogens with one attached hydrogen (secondary N) is 2. The lowest BCUT2D eigenvalue weighted by Gasteiger charge is -2.10. The molecule has 19 heavy (non-hydrogen) atoms. The number of carbonyl (C=O) groups is 2. The molecule has 1 aromatic rings. The number of aryl methyl sites for hydroxylation is 1. The van der Waals surface area contributed by atoms with Crippen LogP contribution in [0, 0.1) is 12.8 Å². The second-order valence-electron chi connectivity index (χ2n) is 4.84. The molecule has 0 radical (unpaired) electrons. The SMILES string of the molecule is Cc1ccc(Br)cc1C(=O)NCC(=O)NCC(C)C. The zero-order valence-corrected chi connectivity index (χ0v) is 13.0. The Labute approximate surface area is 122 Å². The average molecular weight is 327 g/mol. The molecule has 4 nitrogen and oxygen atoms in total. The fraction of sp³-hybridized carbons (Fsp3) is 0.429. The summed E-state index contributed by atoms with van der Waals surface area (Å²) < 4.78 is 0.840. The van der Waals surface area contributed by atoms with Crippen molar-refractivity contribution in [3.8, 4) is 0 Å². The van der Waals surface area contributed by atoms with Crippen LogP contribution in [0.15, 0.2) is 22.7 Å². The molecule has 0 aliphatic heterocycles. The fourth-order valence-electron chi connectivity index (χ4n) is 1.48. The van der Waals surface area contributed by atoms with Crippen LogP contribution in [0.25, 0.3) is 0 Å². The van der Waals surface area contributed by atoms with Crippen molar-refractivity contribution in [2.24, 2.45) is 5.92 Å². The maximum atomic E-state index is 11.9. The van der Waals surface area contributed by atoms with Gasteiger partial charge in [0.25, 0.3) is 5.91 Å². The molecule has 2 amide bonds. The lowest BCUT2D eigenvalue weighted by atomic mass is 10.1. The minimum Gasteiger partial charge on any atom is -0.354 e. The van der Waals surface area contributed by atoms with Crippen LogP contribution in [-0.4, -0.2) is 24.9 Å². The van der Waals surface area contributed by atoms with Crippen molar-refractivity contribution in [1.82, 2.24) is 10.6 Å². The quantitative estimate of drug-likeness (QED) is 0.872. The monoisotopic (exact) mass is 326 g/mol. The van der Waals surface area contributed by atoms with E-state index in [9.17, 15) is 9.59 Å². The van der Waals surface area contributed by atoms with Gasteiger partial charge in [-0.1, -0.05) is 35.8 Å². The average Bonchev–Trinajstić information content (AvgIpc) is 2.36. The van der Waals surface area contributed by atoms with Crippen molar-refractivity contribution in [2.45, 2.75) is 20.8 Å². The minimum atomic E-state index is -0.238. The van der Waals surface area contributed by atoms with Gasteiger partial charge in [-0.05, 0) is 30.5 Å². The molecular formula is C14H19BrN2O2. The number of hydrogen-bond acceptors (Lipinski definition) is 2. The van der Waals surface area contributed by atoms with E-state index in [4.69, 9.17) is 0 Å². The van der Waals surface area contributed by atoms with E-state index in [1.165, 1.54) is 0 Å². The van der Waals surface area contributed by atoms with Gasteiger partial charge in [0.2, 0.25) is 5.91 Å². The van der Waals surface area contributed by atoms with E-state index in [1.807, 2.05) is 32.9 Å². The van der Waals surface area contributed by atoms with Crippen LogP contribution in [0.1, 0.15) is 29.8 Å². The lowest BCUT2D eigenvalue weighted by molar-refractivity contribution is -0.120. The van der Waals surface area contributed by atoms with Crippen LogP contribution in [-0.2, 0) is 4.79 Å². The van der Waals surface area contributed by atoms with E-state index in [0.717, 1.165) is 10.0 Å². The Hall–Kier alpha value is -1.36. The molecule has 0 aromatic heterocycles. The minimum absolute atomic E-state index is 0.00247. The van der Waals surface area contributed by atoms with Crippen LogP contribution in [0.4, 0.5) is 0 Å².